The molecular formula is C16H15N5O5. The first-order chi connectivity index (χ1) is 12.4. The third-order valence-corrected chi connectivity index (χ3v) is 4.12. The molecule has 2 N–H and O–H groups in total. The largest absolute Gasteiger partial charge is 0.479 e. The molecule has 26 heavy (non-hydrogen) atoms. The van der Waals surface area contributed by atoms with Gasteiger partial charge in [-0.15, -0.1) is 5.10 Å². The molecule has 1 fully saturated rings. The van der Waals surface area contributed by atoms with Crippen molar-refractivity contribution >= 4 is 17.7 Å². The van der Waals surface area contributed by atoms with Crippen molar-refractivity contribution in [1.82, 2.24) is 14.8 Å². The average molecular weight is 357 g/mol. The van der Waals surface area contributed by atoms with Gasteiger partial charge in [-0.2, -0.15) is 5.26 Å². The molecule has 10 heteroatoms. The number of pyridine rings is 1. The highest BCUT2D eigenvalue weighted by atomic mass is 16.5. The van der Waals surface area contributed by atoms with E-state index in [0.29, 0.717) is 5.69 Å². The van der Waals surface area contributed by atoms with E-state index in [1.807, 2.05) is 6.07 Å². The van der Waals surface area contributed by atoms with Crippen LogP contribution >= 0.6 is 0 Å². The minimum absolute atomic E-state index is 0.0489. The number of carbonyl (C=O) groups excluding carboxylic acids is 1. The maximum absolute atomic E-state index is 12.7. The van der Waals surface area contributed by atoms with Gasteiger partial charge in [0.15, 0.2) is 17.5 Å². The molecule has 1 unspecified atom stereocenters. The lowest BCUT2D eigenvalue weighted by atomic mass is 9.95. The summed E-state index contributed by atoms with van der Waals surface area (Å²) in [5, 5.41) is 32.1. The molecule has 0 saturated carbocycles. The molecule has 2 atom stereocenters. The van der Waals surface area contributed by atoms with Crippen molar-refractivity contribution in [2.75, 3.05) is 18.1 Å². The summed E-state index contributed by atoms with van der Waals surface area (Å²) >= 11 is 0. The fraction of sp³-hybridized carbons (Fsp3) is 0.312. The van der Waals surface area contributed by atoms with Crippen LogP contribution in [-0.2, 0) is 14.3 Å². The highest BCUT2D eigenvalue weighted by Gasteiger charge is 2.51. The normalized spacial score (nSPS) is 21.3. The highest BCUT2D eigenvalue weighted by Crippen LogP contribution is 2.27. The molecule has 1 aliphatic heterocycles. The monoisotopic (exact) mass is 357 g/mol. The van der Waals surface area contributed by atoms with Gasteiger partial charge < -0.3 is 14.9 Å². The minimum atomic E-state index is -2.00. The van der Waals surface area contributed by atoms with Crippen LogP contribution in [0.5, 0.6) is 0 Å². The molecule has 0 aliphatic carbocycles. The van der Waals surface area contributed by atoms with E-state index >= 15 is 0 Å². The molecule has 2 aromatic heterocycles. The summed E-state index contributed by atoms with van der Waals surface area (Å²) in [6.45, 7) is 1.45. The lowest BCUT2D eigenvalue weighted by Gasteiger charge is -2.39. The van der Waals surface area contributed by atoms with E-state index in [1.54, 1.807) is 18.3 Å². The van der Waals surface area contributed by atoms with Gasteiger partial charge in [0.25, 0.3) is 5.91 Å². The van der Waals surface area contributed by atoms with Gasteiger partial charge in [-0.3, -0.25) is 9.69 Å². The number of aromatic nitrogens is 3. The molecule has 134 valence electrons. The number of nitrogens with zero attached hydrogens (tertiary/aromatic N) is 5. The van der Waals surface area contributed by atoms with E-state index in [4.69, 9.17) is 15.1 Å². The standard InChI is InChI=1S/C16H15N5O5/c1-16(13(22)14(23)24)15(25)20(6-7-26-16)12-3-5-21(19-12)11-2-4-18-10(8-11)9-17/h2-5,8,13,22H,6-7H2,1H3,(H,23,24)/t13?,16-/m1/s1. The van der Waals surface area contributed by atoms with Crippen LogP contribution in [0.3, 0.4) is 0 Å². The molecule has 2 aromatic rings. The first-order valence-corrected chi connectivity index (χ1v) is 7.66. The number of carboxylic acid groups (broad SMARTS) is 1. The predicted octanol–water partition coefficient (Wildman–Crippen LogP) is -0.294. The number of aliphatic carboxylic acids is 1. The Morgan fingerprint density at radius 1 is 1.50 bits per heavy atom. The number of amides is 1. The second-order valence-electron chi connectivity index (χ2n) is 5.78. The van der Waals surface area contributed by atoms with Crippen LogP contribution in [0.1, 0.15) is 12.6 Å². The Labute approximate surface area is 147 Å². The van der Waals surface area contributed by atoms with Crippen LogP contribution in [0.25, 0.3) is 5.69 Å². The maximum Gasteiger partial charge on any atom is 0.336 e. The number of hydrogen-bond acceptors (Lipinski definition) is 7. The van der Waals surface area contributed by atoms with Gasteiger partial charge in [0.05, 0.1) is 18.8 Å². The maximum atomic E-state index is 12.7. The van der Waals surface area contributed by atoms with Crippen molar-refractivity contribution < 1.29 is 24.5 Å². The van der Waals surface area contributed by atoms with Crippen molar-refractivity contribution in [1.29, 1.82) is 5.26 Å². The van der Waals surface area contributed by atoms with Gasteiger partial charge in [0.2, 0.25) is 0 Å². The van der Waals surface area contributed by atoms with Crippen LogP contribution in [0.15, 0.2) is 30.6 Å². The Kier molecular flexibility index (Phi) is 4.41. The molecular weight excluding hydrogens is 342 g/mol. The molecule has 1 saturated heterocycles. The zero-order chi connectivity index (χ0) is 18.9. The van der Waals surface area contributed by atoms with Crippen molar-refractivity contribution in [3.05, 3.63) is 36.3 Å². The van der Waals surface area contributed by atoms with Crippen LogP contribution in [-0.4, -0.2) is 61.7 Å². The van der Waals surface area contributed by atoms with Gasteiger partial charge in [-0.05, 0) is 13.0 Å². The van der Waals surface area contributed by atoms with E-state index in [9.17, 15) is 14.7 Å². The van der Waals surface area contributed by atoms with Gasteiger partial charge in [0, 0.05) is 24.5 Å². The van der Waals surface area contributed by atoms with Gasteiger partial charge in [0.1, 0.15) is 11.8 Å². The fourth-order valence-corrected chi connectivity index (χ4v) is 2.66. The van der Waals surface area contributed by atoms with Gasteiger partial charge >= 0.3 is 5.97 Å². The minimum Gasteiger partial charge on any atom is -0.479 e. The summed E-state index contributed by atoms with van der Waals surface area (Å²) in [6, 6.07) is 6.69. The number of aliphatic hydroxyl groups is 1. The number of aliphatic hydroxyl groups excluding tert-OH is 1. The van der Waals surface area contributed by atoms with E-state index in [2.05, 4.69) is 10.1 Å². The smallest absolute Gasteiger partial charge is 0.336 e. The molecule has 10 nitrogen and oxygen atoms in total. The number of nitriles is 1. The number of morpholine rings is 1. The summed E-state index contributed by atoms with van der Waals surface area (Å²) < 4.78 is 6.74. The van der Waals surface area contributed by atoms with Crippen molar-refractivity contribution in [2.24, 2.45) is 0 Å². The third-order valence-electron chi connectivity index (χ3n) is 4.12. The van der Waals surface area contributed by atoms with Gasteiger partial charge in [-0.1, -0.05) is 0 Å². The molecule has 0 bridgehead atoms. The Hall–Kier alpha value is -3.29. The highest BCUT2D eigenvalue weighted by molar-refractivity contribution is 6.02. The summed E-state index contributed by atoms with van der Waals surface area (Å²) in [6.07, 6.45) is 1.06. The zero-order valence-corrected chi connectivity index (χ0v) is 13.7. The Bertz CT molecular complexity index is 904. The van der Waals surface area contributed by atoms with Crippen molar-refractivity contribution in [3.63, 3.8) is 0 Å². The van der Waals surface area contributed by atoms with Crippen molar-refractivity contribution in [3.8, 4) is 11.8 Å². The second-order valence-corrected chi connectivity index (χ2v) is 5.78. The molecule has 1 amide bonds. The molecule has 0 aromatic carbocycles. The molecule has 0 radical (unpaired) electrons. The third kappa shape index (κ3) is 2.90. The van der Waals surface area contributed by atoms with Gasteiger partial charge in [-0.25, -0.2) is 14.5 Å². The van der Waals surface area contributed by atoms with E-state index in [-0.39, 0.29) is 24.7 Å². The molecule has 1 aliphatic rings. The first kappa shape index (κ1) is 17.5. The quantitative estimate of drug-likeness (QED) is 0.760. The Balaban J connectivity index is 1.90. The number of rotatable bonds is 4. The summed E-state index contributed by atoms with van der Waals surface area (Å²) in [5.41, 5.74) is -1.10. The second kappa shape index (κ2) is 6.55. The van der Waals surface area contributed by atoms with E-state index in [0.717, 1.165) is 0 Å². The van der Waals surface area contributed by atoms with Crippen LogP contribution in [0.2, 0.25) is 0 Å². The summed E-state index contributed by atoms with van der Waals surface area (Å²) in [5.74, 6) is -1.97. The lowest BCUT2D eigenvalue weighted by molar-refractivity contribution is -0.181. The van der Waals surface area contributed by atoms with E-state index in [1.165, 1.54) is 28.8 Å². The molecule has 3 heterocycles. The zero-order valence-electron chi connectivity index (χ0n) is 13.7. The number of anilines is 1. The number of carboxylic acids is 1. The van der Waals surface area contributed by atoms with Crippen LogP contribution in [0, 0.1) is 11.3 Å². The summed E-state index contributed by atoms with van der Waals surface area (Å²) in [4.78, 5) is 28.9. The molecule has 0 spiro atoms. The number of hydrogen-bond donors (Lipinski definition) is 2. The van der Waals surface area contributed by atoms with E-state index < -0.39 is 23.6 Å². The van der Waals surface area contributed by atoms with Crippen LogP contribution < -0.4 is 4.90 Å². The first-order valence-electron chi connectivity index (χ1n) is 7.66. The number of carbonyl (C=O) groups is 2. The molecule has 3 rings (SSSR count). The Morgan fingerprint density at radius 2 is 2.27 bits per heavy atom. The number of ether oxygens (including phenoxy) is 1. The SMILES string of the molecule is C[C@]1(C(O)C(=O)O)OCCN(c2ccn(-c3ccnc(C#N)c3)n2)C1=O. The summed E-state index contributed by atoms with van der Waals surface area (Å²) in [7, 11) is 0. The topological polar surface area (TPSA) is 142 Å². The Morgan fingerprint density at radius 3 is 2.96 bits per heavy atom. The predicted molar refractivity (Wildman–Crippen MR) is 86.4 cm³/mol. The van der Waals surface area contributed by atoms with Crippen molar-refractivity contribution in [2.45, 2.75) is 18.6 Å². The average Bonchev–Trinajstić information content (AvgIpc) is 3.13. The lowest BCUT2D eigenvalue weighted by Crippen LogP contribution is -2.63. The fourth-order valence-electron chi connectivity index (χ4n) is 2.66. The van der Waals surface area contributed by atoms with Crippen LogP contribution in [0.4, 0.5) is 5.82 Å².